The largest absolute Gasteiger partial charge is 0.282 e. The lowest BCUT2D eigenvalue weighted by Crippen LogP contribution is -2.23. The summed E-state index contributed by atoms with van der Waals surface area (Å²) in [5.41, 5.74) is 2.76. The SMILES string of the molecule is O=c1c2sc3ncccc3c2nc(SCc2ccccc2Cl)n1Cc1ccccc1. The van der Waals surface area contributed by atoms with E-state index in [0.29, 0.717) is 27.2 Å². The molecule has 0 fully saturated rings. The number of fused-ring (bicyclic) bond motifs is 3. The highest BCUT2D eigenvalue weighted by molar-refractivity contribution is 7.98. The number of thioether (sulfide) groups is 1. The van der Waals surface area contributed by atoms with Crippen LogP contribution in [-0.2, 0) is 12.3 Å². The minimum atomic E-state index is -0.0338. The highest BCUT2D eigenvalue weighted by Crippen LogP contribution is 2.32. The summed E-state index contributed by atoms with van der Waals surface area (Å²) in [5.74, 6) is 0.632. The maximum Gasteiger partial charge on any atom is 0.272 e. The Hall–Kier alpha value is -2.67. The van der Waals surface area contributed by atoms with E-state index in [4.69, 9.17) is 16.6 Å². The zero-order chi connectivity index (χ0) is 20.5. The second kappa shape index (κ2) is 8.22. The van der Waals surface area contributed by atoms with Crippen molar-refractivity contribution in [3.05, 3.63) is 99.4 Å². The number of benzene rings is 2. The zero-order valence-electron chi connectivity index (χ0n) is 15.8. The van der Waals surface area contributed by atoms with Gasteiger partial charge in [0.05, 0.1) is 12.1 Å². The molecule has 30 heavy (non-hydrogen) atoms. The Balaban J connectivity index is 1.65. The third kappa shape index (κ3) is 3.62. The van der Waals surface area contributed by atoms with Crippen LogP contribution >= 0.6 is 34.7 Å². The molecule has 4 nitrogen and oxygen atoms in total. The molecule has 5 aromatic rings. The molecule has 0 unspecified atom stereocenters. The fourth-order valence-electron chi connectivity index (χ4n) is 3.31. The van der Waals surface area contributed by atoms with E-state index < -0.39 is 0 Å². The summed E-state index contributed by atoms with van der Waals surface area (Å²) in [6, 6.07) is 21.6. The summed E-state index contributed by atoms with van der Waals surface area (Å²) >= 11 is 9.27. The van der Waals surface area contributed by atoms with Crippen molar-refractivity contribution in [2.75, 3.05) is 0 Å². The Morgan fingerprint density at radius 1 is 1.00 bits per heavy atom. The van der Waals surface area contributed by atoms with E-state index in [1.54, 1.807) is 10.8 Å². The van der Waals surface area contributed by atoms with Gasteiger partial charge in [0.25, 0.3) is 5.56 Å². The van der Waals surface area contributed by atoms with Crippen LogP contribution in [0, 0.1) is 0 Å². The predicted molar refractivity (Wildman–Crippen MR) is 126 cm³/mol. The molecule has 3 heterocycles. The Bertz CT molecular complexity index is 1410. The Morgan fingerprint density at radius 3 is 2.63 bits per heavy atom. The molecule has 0 saturated heterocycles. The Morgan fingerprint density at radius 2 is 1.80 bits per heavy atom. The predicted octanol–water partition coefficient (Wildman–Crippen LogP) is 6.00. The summed E-state index contributed by atoms with van der Waals surface area (Å²) in [6.45, 7) is 0.467. The van der Waals surface area contributed by atoms with E-state index in [9.17, 15) is 4.79 Å². The minimum absolute atomic E-state index is 0.0338. The molecule has 148 valence electrons. The first-order chi connectivity index (χ1) is 14.7. The van der Waals surface area contributed by atoms with E-state index in [-0.39, 0.29) is 5.56 Å². The number of pyridine rings is 1. The van der Waals surface area contributed by atoms with Gasteiger partial charge in [-0.1, -0.05) is 71.9 Å². The number of thiophene rings is 1. The highest BCUT2D eigenvalue weighted by Gasteiger charge is 2.17. The second-order valence-electron chi connectivity index (χ2n) is 6.79. The van der Waals surface area contributed by atoms with E-state index in [0.717, 1.165) is 26.9 Å². The van der Waals surface area contributed by atoms with Crippen molar-refractivity contribution in [1.82, 2.24) is 14.5 Å². The quantitative estimate of drug-likeness (QED) is 0.244. The van der Waals surface area contributed by atoms with Gasteiger partial charge < -0.3 is 0 Å². The van der Waals surface area contributed by atoms with Gasteiger partial charge in [0.2, 0.25) is 0 Å². The molecular weight excluding hydrogens is 434 g/mol. The molecule has 0 saturated carbocycles. The molecule has 0 bridgehead atoms. The average Bonchev–Trinajstić information content (AvgIpc) is 3.15. The summed E-state index contributed by atoms with van der Waals surface area (Å²) < 4.78 is 2.40. The van der Waals surface area contributed by atoms with Crippen LogP contribution < -0.4 is 5.56 Å². The highest BCUT2D eigenvalue weighted by atomic mass is 35.5. The fourth-order valence-corrected chi connectivity index (χ4v) is 5.62. The van der Waals surface area contributed by atoms with Crippen LogP contribution in [0.15, 0.2) is 82.9 Å². The monoisotopic (exact) mass is 449 g/mol. The molecular formula is C23H16ClN3OS2. The number of rotatable bonds is 5. The van der Waals surface area contributed by atoms with Crippen LogP contribution in [0.5, 0.6) is 0 Å². The number of nitrogens with zero attached hydrogens (tertiary/aromatic N) is 3. The molecule has 0 aliphatic carbocycles. The average molecular weight is 450 g/mol. The molecule has 0 spiro atoms. The first kappa shape index (κ1) is 19.3. The molecule has 0 radical (unpaired) electrons. The van der Waals surface area contributed by atoms with Crippen molar-refractivity contribution < 1.29 is 0 Å². The molecule has 0 aliphatic heterocycles. The molecule has 0 aliphatic rings. The molecule has 5 rings (SSSR count). The third-order valence-electron chi connectivity index (χ3n) is 4.82. The number of hydrogen-bond donors (Lipinski definition) is 0. The minimum Gasteiger partial charge on any atom is -0.282 e. The lowest BCUT2D eigenvalue weighted by atomic mass is 10.2. The molecule has 2 aromatic carbocycles. The van der Waals surface area contributed by atoms with Gasteiger partial charge in [-0.3, -0.25) is 9.36 Å². The maximum atomic E-state index is 13.5. The number of halogens is 1. The van der Waals surface area contributed by atoms with Gasteiger partial charge in [-0.05, 0) is 29.3 Å². The van der Waals surface area contributed by atoms with E-state index in [1.165, 1.54) is 23.1 Å². The Kier molecular flexibility index (Phi) is 5.29. The van der Waals surface area contributed by atoms with Crippen LogP contribution in [0.3, 0.4) is 0 Å². The maximum absolute atomic E-state index is 13.5. The van der Waals surface area contributed by atoms with Crippen molar-refractivity contribution in [3.8, 4) is 0 Å². The van der Waals surface area contributed by atoms with Crippen LogP contribution in [-0.4, -0.2) is 14.5 Å². The van der Waals surface area contributed by atoms with E-state index >= 15 is 0 Å². The van der Waals surface area contributed by atoms with E-state index in [1.807, 2.05) is 66.7 Å². The van der Waals surface area contributed by atoms with Crippen LogP contribution in [0.2, 0.25) is 5.02 Å². The summed E-state index contributed by atoms with van der Waals surface area (Å²) in [7, 11) is 0. The van der Waals surface area contributed by atoms with Crippen molar-refractivity contribution in [2.24, 2.45) is 0 Å². The lowest BCUT2D eigenvalue weighted by molar-refractivity contribution is 0.659. The van der Waals surface area contributed by atoms with Gasteiger partial charge in [-0.25, -0.2) is 9.97 Å². The van der Waals surface area contributed by atoms with Gasteiger partial charge in [-0.15, -0.1) is 11.3 Å². The summed E-state index contributed by atoms with van der Waals surface area (Å²) in [6.07, 6.45) is 1.74. The molecule has 0 N–H and O–H groups in total. The van der Waals surface area contributed by atoms with Gasteiger partial charge in [0.1, 0.15) is 9.53 Å². The molecule has 0 amide bonds. The van der Waals surface area contributed by atoms with Crippen LogP contribution in [0.1, 0.15) is 11.1 Å². The molecule has 0 atom stereocenters. The van der Waals surface area contributed by atoms with Crippen molar-refractivity contribution in [1.29, 1.82) is 0 Å². The first-order valence-corrected chi connectivity index (χ1v) is 11.6. The second-order valence-corrected chi connectivity index (χ2v) is 9.14. The first-order valence-electron chi connectivity index (χ1n) is 9.39. The third-order valence-corrected chi connectivity index (χ3v) is 7.30. The molecule has 3 aromatic heterocycles. The van der Waals surface area contributed by atoms with Gasteiger partial charge >= 0.3 is 0 Å². The topological polar surface area (TPSA) is 47.8 Å². The van der Waals surface area contributed by atoms with Crippen molar-refractivity contribution in [2.45, 2.75) is 17.5 Å². The van der Waals surface area contributed by atoms with Gasteiger partial charge in [-0.2, -0.15) is 0 Å². The van der Waals surface area contributed by atoms with Crippen LogP contribution in [0.25, 0.3) is 20.4 Å². The molecule has 7 heteroatoms. The van der Waals surface area contributed by atoms with Crippen molar-refractivity contribution >= 4 is 55.1 Å². The van der Waals surface area contributed by atoms with Gasteiger partial charge in [0, 0.05) is 22.4 Å². The fraction of sp³-hybridized carbons (Fsp3) is 0.0870. The normalized spacial score (nSPS) is 11.4. The summed E-state index contributed by atoms with van der Waals surface area (Å²) in [5, 5.41) is 2.31. The van der Waals surface area contributed by atoms with Crippen LogP contribution in [0.4, 0.5) is 0 Å². The number of hydrogen-bond acceptors (Lipinski definition) is 5. The zero-order valence-corrected chi connectivity index (χ0v) is 18.2. The van der Waals surface area contributed by atoms with Gasteiger partial charge in [0.15, 0.2) is 5.16 Å². The Labute approximate surface area is 186 Å². The van der Waals surface area contributed by atoms with E-state index in [2.05, 4.69) is 4.98 Å². The summed E-state index contributed by atoms with van der Waals surface area (Å²) in [4.78, 5) is 23.6. The smallest absolute Gasteiger partial charge is 0.272 e. The lowest BCUT2D eigenvalue weighted by Gasteiger charge is -2.12. The van der Waals surface area contributed by atoms with Crippen molar-refractivity contribution in [3.63, 3.8) is 0 Å². The number of aromatic nitrogens is 3. The standard InChI is InChI=1S/C23H16ClN3OS2/c24-18-11-5-4-9-16(18)14-29-23-26-19-17-10-6-12-25-21(17)30-20(19)22(28)27(23)13-15-7-2-1-3-8-15/h1-12H,13-14H2.